The first kappa shape index (κ1) is 13.4. The Bertz CT molecular complexity index is 498. The quantitative estimate of drug-likeness (QED) is 0.828. The molecule has 0 saturated heterocycles. The smallest absolute Gasteiger partial charge is 0.306 e. The van der Waals surface area contributed by atoms with E-state index >= 15 is 0 Å². The number of carbonyl (C=O) groups excluding carboxylic acids is 2. The lowest BCUT2D eigenvalue weighted by Crippen LogP contribution is -2.30. The summed E-state index contributed by atoms with van der Waals surface area (Å²) >= 11 is 0. The lowest BCUT2D eigenvalue weighted by molar-refractivity contribution is -0.144. The molecule has 1 aromatic rings. The van der Waals surface area contributed by atoms with Crippen molar-refractivity contribution < 1.29 is 19.1 Å². The maximum absolute atomic E-state index is 11.9. The number of rotatable bonds is 3. The molecule has 5 heteroatoms. The molecular formula is C14H17NO4. The molecule has 19 heavy (non-hydrogen) atoms. The second-order valence-electron chi connectivity index (χ2n) is 4.53. The van der Waals surface area contributed by atoms with Crippen molar-refractivity contribution in [2.24, 2.45) is 5.92 Å². The van der Waals surface area contributed by atoms with Gasteiger partial charge in [-0.3, -0.25) is 9.59 Å². The van der Waals surface area contributed by atoms with E-state index in [4.69, 9.17) is 4.74 Å². The predicted molar refractivity (Wildman–Crippen MR) is 68.7 cm³/mol. The summed E-state index contributed by atoms with van der Waals surface area (Å²) in [5.74, 6) is -0.0841. The Kier molecular flexibility index (Phi) is 4.04. The van der Waals surface area contributed by atoms with E-state index in [1.165, 1.54) is 7.11 Å². The summed E-state index contributed by atoms with van der Waals surface area (Å²) in [6.07, 6.45) is 0.647. The van der Waals surface area contributed by atoms with Crippen LogP contribution in [0.15, 0.2) is 18.2 Å². The number of esters is 1. The minimum Gasteiger partial charge on any atom is -0.497 e. The molecule has 0 unspecified atom stereocenters. The molecule has 1 amide bonds. The molecule has 1 atom stereocenters. The van der Waals surface area contributed by atoms with Crippen LogP contribution in [-0.4, -0.2) is 26.1 Å². The van der Waals surface area contributed by atoms with Crippen molar-refractivity contribution in [1.29, 1.82) is 0 Å². The van der Waals surface area contributed by atoms with Crippen LogP contribution in [-0.2, 0) is 27.3 Å². The molecule has 0 spiro atoms. The van der Waals surface area contributed by atoms with Crippen molar-refractivity contribution in [2.45, 2.75) is 19.4 Å². The van der Waals surface area contributed by atoms with Gasteiger partial charge < -0.3 is 14.8 Å². The third kappa shape index (κ3) is 3.05. The van der Waals surface area contributed by atoms with Gasteiger partial charge in [0.2, 0.25) is 5.91 Å². The fraction of sp³-hybridized carbons (Fsp3) is 0.429. The molecular weight excluding hydrogens is 246 g/mol. The molecule has 1 aliphatic heterocycles. The molecule has 1 heterocycles. The molecule has 1 aliphatic rings. The molecule has 0 aliphatic carbocycles. The molecule has 0 fully saturated rings. The van der Waals surface area contributed by atoms with Gasteiger partial charge in [-0.2, -0.15) is 0 Å². The monoisotopic (exact) mass is 263 g/mol. The van der Waals surface area contributed by atoms with Crippen LogP contribution < -0.4 is 10.1 Å². The summed E-state index contributed by atoms with van der Waals surface area (Å²) in [7, 11) is 2.94. The zero-order valence-electron chi connectivity index (χ0n) is 11.1. The van der Waals surface area contributed by atoms with Crippen molar-refractivity contribution in [2.75, 3.05) is 14.2 Å². The topological polar surface area (TPSA) is 64.6 Å². The highest BCUT2D eigenvalue weighted by Gasteiger charge is 2.26. The molecule has 0 saturated carbocycles. The minimum absolute atomic E-state index is 0.105. The molecule has 5 nitrogen and oxygen atoms in total. The highest BCUT2D eigenvalue weighted by atomic mass is 16.5. The van der Waals surface area contributed by atoms with Crippen molar-refractivity contribution >= 4 is 11.9 Å². The van der Waals surface area contributed by atoms with E-state index in [1.807, 2.05) is 18.2 Å². The highest BCUT2D eigenvalue weighted by molar-refractivity contribution is 5.84. The minimum atomic E-state index is -0.373. The van der Waals surface area contributed by atoms with Crippen molar-refractivity contribution in [3.05, 3.63) is 29.3 Å². The Labute approximate surface area is 111 Å². The summed E-state index contributed by atoms with van der Waals surface area (Å²) in [6.45, 7) is 0.461. The second kappa shape index (κ2) is 5.73. The van der Waals surface area contributed by atoms with Gasteiger partial charge >= 0.3 is 5.97 Å². The van der Waals surface area contributed by atoms with Crippen molar-refractivity contribution in [1.82, 2.24) is 5.32 Å². The van der Waals surface area contributed by atoms with Crippen LogP contribution >= 0.6 is 0 Å². The molecule has 0 radical (unpaired) electrons. The van der Waals surface area contributed by atoms with Crippen molar-refractivity contribution in [3.63, 3.8) is 0 Å². The molecule has 102 valence electrons. The van der Waals surface area contributed by atoms with E-state index in [1.54, 1.807) is 7.11 Å². The summed E-state index contributed by atoms with van der Waals surface area (Å²) < 4.78 is 9.80. The summed E-state index contributed by atoms with van der Waals surface area (Å²) in [6, 6.07) is 5.72. The lowest BCUT2D eigenvalue weighted by Gasteiger charge is -2.12. The third-order valence-electron chi connectivity index (χ3n) is 3.34. The van der Waals surface area contributed by atoms with E-state index in [2.05, 4.69) is 10.1 Å². The fourth-order valence-electron chi connectivity index (χ4n) is 2.23. The Hall–Kier alpha value is -2.04. The fourth-order valence-corrected chi connectivity index (χ4v) is 2.23. The number of fused-ring (bicyclic) bond motifs is 1. The summed E-state index contributed by atoms with van der Waals surface area (Å²) in [5, 5.41) is 2.83. The number of methoxy groups -OCH3 is 2. The normalized spacial score (nSPS) is 18.0. The number of benzene rings is 1. The Morgan fingerprint density at radius 2 is 2.16 bits per heavy atom. The average Bonchev–Trinajstić information content (AvgIpc) is 2.58. The molecule has 1 aromatic carbocycles. The van der Waals surface area contributed by atoms with Crippen LogP contribution in [0, 0.1) is 5.92 Å². The number of carbonyl (C=O) groups is 2. The molecule has 0 aromatic heterocycles. The Balaban J connectivity index is 2.21. The van der Waals surface area contributed by atoms with E-state index in [0.717, 1.165) is 16.9 Å². The van der Waals surface area contributed by atoms with E-state index in [-0.39, 0.29) is 24.2 Å². The summed E-state index contributed by atoms with van der Waals surface area (Å²) in [5.41, 5.74) is 2.09. The van der Waals surface area contributed by atoms with Crippen LogP contribution in [0.2, 0.25) is 0 Å². The number of ether oxygens (including phenoxy) is 2. The van der Waals surface area contributed by atoms with Gasteiger partial charge in [-0.1, -0.05) is 6.07 Å². The zero-order chi connectivity index (χ0) is 13.8. The third-order valence-corrected chi connectivity index (χ3v) is 3.34. The van der Waals surface area contributed by atoms with Crippen LogP contribution in [0.1, 0.15) is 17.5 Å². The van der Waals surface area contributed by atoms with Gasteiger partial charge in [0.05, 0.1) is 26.6 Å². The first-order valence-corrected chi connectivity index (χ1v) is 6.14. The van der Waals surface area contributed by atoms with Gasteiger partial charge in [0.1, 0.15) is 5.75 Å². The van der Waals surface area contributed by atoms with Gasteiger partial charge in [-0.05, 0) is 29.7 Å². The maximum Gasteiger partial charge on any atom is 0.306 e. The first-order valence-electron chi connectivity index (χ1n) is 6.14. The van der Waals surface area contributed by atoms with Crippen molar-refractivity contribution in [3.8, 4) is 5.75 Å². The lowest BCUT2D eigenvalue weighted by atomic mass is 9.94. The van der Waals surface area contributed by atoms with Gasteiger partial charge in [0.25, 0.3) is 0 Å². The van der Waals surface area contributed by atoms with Gasteiger partial charge in [-0.15, -0.1) is 0 Å². The summed E-state index contributed by atoms with van der Waals surface area (Å²) in [4.78, 5) is 23.3. The molecule has 1 N–H and O–H groups in total. The van der Waals surface area contributed by atoms with Gasteiger partial charge in [-0.25, -0.2) is 0 Å². The van der Waals surface area contributed by atoms with Crippen LogP contribution in [0.25, 0.3) is 0 Å². The maximum atomic E-state index is 11.9. The average molecular weight is 263 g/mol. The number of hydrogen-bond donors (Lipinski definition) is 1. The van der Waals surface area contributed by atoms with E-state index in [0.29, 0.717) is 13.0 Å². The van der Waals surface area contributed by atoms with Crippen LogP contribution in [0.5, 0.6) is 5.75 Å². The zero-order valence-corrected chi connectivity index (χ0v) is 11.1. The largest absolute Gasteiger partial charge is 0.497 e. The van der Waals surface area contributed by atoms with E-state index < -0.39 is 0 Å². The van der Waals surface area contributed by atoms with Crippen LogP contribution in [0.3, 0.4) is 0 Å². The first-order chi connectivity index (χ1) is 9.13. The standard InChI is InChI=1S/C14H17NO4/c1-18-12-4-3-9-5-10(7-13(16)19-2)14(17)15-8-11(9)6-12/h3-4,6,10H,5,7-8H2,1-2H3,(H,15,17)/t10-/m1/s1. The van der Waals surface area contributed by atoms with E-state index in [9.17, 15) is 9.59 Å². The molecule has 2 rings (SSSR count). The molecule has 0 bridgehead atoms. The predicted octanol–water partition coefficient (Wildman–Crippen LogP) is 1.05. The number of amides is 1. The second-order valence-corrected chi connectivity index (χ2v) is 4.53. The van der Waals surface area contributed by atoms with Crippen LogP contribution in [0.4, 0.5) is 0 Å². The Morgan fingerprint density at radius 3 is 2.84 bits per heavy atom. The SMILES string of the molecule is COC(=O)C[C@H]1Cc2ccc(OC)cc2CNC1=O. The Morgan fingerprint density at radius 1 is 1.37 bits per heavy atom. The number of nitrogens with one attached hydrogen (secondary N) is 1. The van der Waals surface area contributed by atoms with Gasteiger partial charge in [0.15, 0.2) is 0 Å². The van der Waals surface area contributed by atoms with Gasteiger partial charge in [0, 0.05) is 6.54 Å². The highest BCUT2D eigenvalue weighted by Crippen LogP contribution is 2.24. The number of hydrogen-bond acceptors (Lipinski definition) is 4.